The van der Waals surface area contributed by atoms with Crippen molar-refractivity contribution in [2.75, 3.05) is 6.54 Å². The van der Waals surface area contributed by atoms with Crippen molar-refractivity contribution in [2.24, 2.45) is 5.92 Å². The van der Waals surface area contributed by atoms with Crippen LogP contribution in [0.15, 0.2) is 40.9 Å². The highest BCUT2D eigenvalue weighted by Gasteiger charge is 2.24. The molecular weight excluding hydrogens is 284 g/mol. The molecule has 0 saturated heterocycles. The Morgan fingerprint density at radius 2 is 2.00 bits per heavy atom. The maximum absolute atomic E-state index is 12.5. The van der Waals surface area contributed by atoms with Crippen LogP contribution in [0.4, 0.5) is 0 Å². The van der Waals surface area contributed by atoms with E-state index in [1.54, 1.807) is 19.9 Å². The zero-order chi connectivity index (χ0) is 16.1. The summed E-state index contributed by atoms with van der Waals surface area (Å²) in [5, 5.41) is 12.8. The van der Waals surface area contributed by atoms with Crippen molar-refractivity contribution in [1.82, 2.24) is 10.1 Å². The lowest BCUT2D eigenvalue weighted by molar-refractivity contribution is -0.141. The number of carboxylic acids is 1. The molecule has 0 aliphatic rings. The molecule has 0 bridgehead atoms. The van der Waals surface area contributed by atoms with Crippen molar-refractivity contribution < 1.29 is 19.2 Å². The Morgan fingerprint density at radius 1 is 1.32 bits per heavy atom. The number of aromatic nitrogens is 1. The molecule has 0 radical (unpaired) electrons. The van der Waals surface area contributed by atoms with Crippen LogP contribution < -0.4 is 0 Å². The molecule has 0 aliphatic heterocycles. The zero-order valence-corrected chi connectivity index (χ0v) is 12.5. The molecule has 0 saturated carbocycles. The van der Waals surface area contributed by atoms with Crippen molar-refractivity contribution in [3.63, 3.8) is 0 Å². The highest BCUT2D eigenvalue weighted by atomic mass is 16.5. The molecule has 0 spiro atoms. The van der Waals surface area contributed by atoms with E-state index in [2.05, 4.69) is 5.16 Å². The van der Waals surface area contributed by atoms with Gasteiger partial charge < -0.3 is 14.5 Å². The monoisotopic (exact) mass is 302 g/mol. The molecule has 1 N–H and O–H groups in total. The summed E-state index contributed by atoms with van der Waals surface area (Å²) in [7, 11) is 0. The lowest BCUT2D eigenvalue weighted by atomic mass is 10.1. The van der Waals surface area contributed by atoms with Crippen LogP contribution >= 0.6 is 0 Å². The van der Waals surface area contributed by atoms with E-state index in [-0.39, 0.29) is 18.1 Å². The number of carboxylic acid groups (broad SMARTS) is 1. The van der Waals surface area contributed by atoms with Gasteiger partial charge in [0.1, 0.15) is 5.76 Å². The van der Waals surface area contributed by atoms with Crippen molar-refractivity contribution in [3.05, 3.63) is 53.4 Å². The highest BCUT2D eigenvalue weighted by Crippen LogP contribution is 2.13. The molecule has 2 rings (SSSR count). The Bertz CT molecular complexity index is 651. The molecule has 2 aromatic rings. The molecule has 0 unspecified atom stereocenters. The number of amides is 1. The van der Waals surface area contributed by atoms with Gasteiger partial charge in [-0.1, -0.05) is 42.4 Å². The zero-order valence-electron chi connectivity index (χ0n) is 12.5. The molecule has 0 fully saturated rings. The van der Waals surface area contributed by atoms with Crippen LogP contribution in [-0.2, 0) is 11.3 Å². The van der Waals surface area contributed by atoms with Gasteiger partial charge in [-0.3, -0.25) is 9.59 Å². The van der Waals surface area contributed by atoms with Crippen LogP contribution in [0.25, 0.3) is 0 Å². The number of benzene rings is 1. The predicted octanol–water partition coefficient (Wildman–Crippen LogP) is 2.35. The Morgan fingerprint density at radius 3 is 2.55 bits per heavy atom. The smallest absolute Gasteiger partial charge is 0.308 e. The Balaban J connectivity index is 2.20. The van der Waals surface area contributed by atoms with E-state index < -0.39 is 11.9 Å². The molecule has 1 heterocycles. The quantitative estimate of drug-likeness (QED) is 0.885. The number of carbonyl (C=O) groups excluding carboxylic acids is 1. The van der Waals surface area contributed by atoms with Crippen molar-refractivity contribution in [3.8, 4) is 0 Å². The third kappa shape index (κ3) is 3.94. The second kappa shape index (κ2) is 6.89. The SMILES string of the molecule is Cc1cc(C(=O)N(Cc2ccccc2)C[C@@H](C)C(=O)O)no1. The molecule has 1 aromatic heterocycles. The van der Waals surface area contributed by atoms with Gasteiger partial charge in [0.2, 0.25) is 0 Å². The Kier molecular flexibility index (Phi) is 4.93. The van der Waals surface area contributed by atoms with E-state index in [4.69, 9.17) is 9.63 Å². The average molecular weight is 302 g/mol. The number of nitrogens with zero attached hydrogens (tertiary/aromatic N) is 2. The number of hydrogen-bond acceptors (Lipinski definition) is 4. The van der Waals surface area contributed by atoms with Crippen LogP contribution in [-0.4, -0.2) is 33.6 Å². The van der Waals surface area contributed by atoms with E-state index in [9.17, 15) is 9.59 Å². The number of carbonyl (C=O) groups is 2. The highest BCUT2D eigenvalue weighted by molar-refractivity contribution is 5.92. The van der Waals surface area contributed by atoms with Gasteiger partial charge in [0.25, 0.3) is 5.91 Å². The second-order valence-corrected chi connectivity index (χ2v) is 5.23. The van der Waals surface area contributed by atoms with Crippen LogP contribution in [0.1, 0.15) is 28.7 Å². The van der Waals surface area contributed by atoms with Gasteiger partial charge in [-0.25, -0.2) is 0 Å². The Labute approximate surface area is 128 Å². The number of aliphatic carboxylic acids is 1. The normalized spacial score (nSPS) is 11.9. The Hall–Kier alpha value is -2.63. The van der Waals surface area contributed by atoms with E-state index in [1.165, 1.54) is 4.90 Å². The lowest BCUT2D eigenvalue weighted by Crippen LogP contribution is -2.36. The first kappa shape index (κ1) is 15.8. The molecule has 116 valence electrons. The summed E-state index contributed by atoms with van der Waals surface area (Å²) < 4.78 is 4.92. The third-order valence-corrected chi connectivity index (χ3v) is 3.27. The minimum Gasteiger partial charge on any atom is -0.481 e. The third-order valence-electron chi connectivity index (χ3n) is 3.27. The molecule has 1 amide bonds. The molecule has 1 atom stereocenters. The standard InChI is InChI=1S/C16H18N2O4/c1-11(16(20)21)9-18(10-13-6-4-3-5-7-13)15(19)14-8-12(2)22-17-14/h3-8,11H,9-10H2,1-2H3,(H,20,21)/t11-/m1/s1. The fourth-order valence-corrected chi connectivity index (χ4v) is 2.06. The van der Waals surface area contributed by atoms with Crippen LogP contribution in [0.3, 0.4) is 0 Å². The maximum Gasteiger partial charge on any atom is 0.308 e. The average Bonchev–Trinajstić information content (AvgIpc) is 2.93. The van der Waals surface area contributed by atoms with E-state index in [1.807, 2.05) is 30.3 Å². The fraction of sp³-hybridized carbons (Fsp3) is 0.312. The summed E-state index contributed by atoms with van der Waals surface area (Å²) in [5.74, 6) is -1.41. The number of hydrogen-bond donors (Lipinski definition) is 1. The van der Waals surface area contributed by atoms with Gasteiger partial charge in [-0.05, 0) is 12.5 Å². The van der Waals surface area contributed by atoms with Gasteiger partial charge in [-0.2, -0.15) is 0 Å². The first-order valence-corrected chi connectivity index (χ1v) is 6.96. The van der Waals surface area contributed by atoms with E-state index >= 15 is 0 Å². The van der Waals surface area contributed by atoms with Crippen LogP contribution in [0.2, 0.25) is 0 Å². The molecule has 6 nitrogen and oxygen atoms in total. The van der Waals surface area contributed by atoms with Crippen molar-refractivity contribution in [2.45, 2.75) is 20.4 Å². The van der Waals surface area contributed by atoms with Crippen LogP contribution in [0, 0.1) is 12.8 Å². The number of aryl methyl sites for hydroxylation is 1. The number of rotatable bonds is 6. The first-order valence-electron chi connectivity index (χ1n) is 6.96. The summed E-state index contributed by atoms with van der Waals surface area (Å²) in [6, 6.07) is 11.0. The van der Waals surface area contributed by atoms with Gasteiger partial charge >= 0.3 is 5.97 Å². The van der Waals surface area contributed by atoms with Gasteiger partial charge in [-0.15, -0.1) is 0 Å². The molecule has 6 heteroatoms. The topological polar surface area (TPSA) is 83.6 Å². The fourth-order valence-electron chi connectivity index (χ4n) is 2.06. The first-order chi connectivity index (χ1) is 10.5. The summed E-state index contributed by atoms with van der Waals surface area (Å²) in [6.07, 6.45) is 0. The minimum absolute atomic E-state index is 0.106. The van der Waals surface area contributed by atoms with Crippen molar-refractivity contribution >= 4 is 11.9 Å². The predicted molar refractivity (Wildman–Crippen MR) is 79.2 cm³/mol. The summed E-state index contributed by atoms with van der Waals surface area (Å²) in [6.45, 7) is 3.70. The molecule has 1 aromatic carbocycles. The maximum atomic E-state index is 12.5. The lowest BCUT2D eigenvalue weighted by Gasteiger charge is -2.23. The molecule has 22 heavy (non-hydrogen) atoms. The largest absolute Gasteiger partial charge is 0.481 e. The molecular formula is C16H18N2O4. The summed E-state index contributed by atoms with van der Waals surface area (Å²) in [4.78, 5) is 25.1. The van der Waals surface area contributed by atoms with Gasteiger partial charge in [0.05, 0.1) is 5.92 Å². The van der Waals surface area contributed by atoms with Crippen molar-refractivity contribution in [1.29, 1.82) is 0 Å². The molecule has 0 aliphatic carbocycles. The van der Waals surface area contributed by atoms with Gasteiger partial charge in [0.15, 0.2) is 5.69 Å². The van der Waals surface area contributed by atoms with E-state index in [0.29, 0.717) is 12.3 Å². The van der Waals surface area contributed by atoms with E-state index in [0.717, 1.165) is 5.56 Å². The van der Waals surface area contributed by atoms with Crippen LogP contribution in [0.5, 0.6) is 0 Å². The second-order valence-electron chi connectivity index (χ2n) is 5.23. The minimum atomic E-state index is -0.942. The summed E-state index contributed by atoms with van der Waals surface area (Å²) in [5.41, 5.74) is 1.11. The summed E-state index contributed by atoms with van der Waals surface area (Å²) >= 11 is 0. The van der Waals surface area contributed by atoms with Gasteiger partial charge in [0, 0.05) is 19.2 Å².